The van der Waals surface area contributed by atoms with Crippen molar-refractivity contribution in [1.82, 2.24) is 5.32 Å². The fourth-order valence-electron chi connectivity index (χ4n) is 10.0. The number of hydrogen-bond acceptors (Lipinski definition) is 4. The largest absolute Gasteiger partial charge is 0.494 e. The van der Waals surface area contributed by atoms with Crippen LogP contribution in [-0.4, -0.2) is 30.1 Å². The molecule has 0 bridgehead atoms. The highest BCUT2D eigenvalue weighted by atomic mass is 16.5. The molecule has 1 aromatic rings. The molecule has 0 heterocycles. The summed E-state index contributed by atoms with van der Waals surface area (Å²) in [4.78, 5) is 12.3. The molecule has 4 nitrogen and oxygen atoms in total. The molecule has 4 saturated carbocycles. The molecule has 4 aliphatic carbocycles. The minimum Gasteiger partial charge on any atom is -0.494 e. The van der Waals surface area contributed by atoms with Gasteiger partial charge in [-0.15, -0.1) is 0 Å². The van der Waals surface area contributed by atoms with Crippen LogP contribution < -0.4 is 10.1 Å². The van der Waals surface area contributed by atoms with E-state index in [1.165, 1.54) is 44.1 Å². The fourth-order valence-corrected chi connectivity index (χ4v) is 10.0. The minimum absolute atomic E-state index is 0.00801. The molecule has 4 heteroatoms. The minimum atomic E-state index is -0.199. The van der Waals surface area contributed by atoms with Crippen LogP contribution in [0.15, 0.2) is 24.3 Å². The van der Waals surface area contributed by atoms with Gasteiger partial charge in [-0.25, -0.2) is 0 Å². The first-order chi connectivity index (χ1) is 19.3. The molecular weight excluding hydrogens is 494 g/mol. The summed E-state index contributed by atoms with van der Waals surface area (Å²) in [5, 5.41) is 15.3. The third-order valence-corrected chi connectivity index (χ3v) is 12.6. The van der Waals surface area contributed by atoms with Gasteiger partial charge >= 0.3 is 0 Å². The maximum atomic E-state index is 12.3. The number of aliphatic hydroxyl groups excluding tert-OH is 1. The van der Waals surface area contributed by atoms with Gasteiger partial charge in [0.15, 0.2) is 0 Å². The van der Waals surface area contributed by atoms with Gasteiger partial charge in [0.25, 0.3) is 0 Å². The zero-order valence-electron chi connectivity index (χ0n) is 25.9. The van der Waals surface area contributed by atoms with E-state index in [9.17, 15) is 9.90 Å². The van der Waals surface area contributed by atoms with Crippen molar-refractivity contribution in [3.05, 3.63) is 29.8 Å². The molecule has 4 fully saturated rings. The monoisotopic (exact) mass is 551 g/mol. The van der Waals surface area contributed by atoms with Crippen molar-refractivity contribution in [1.29, 1.82) is 0 Å². The van der Waals surface area contributed by atoms with E-state index in [0.29, 0.717) is 41.6 Å². The molecule has 5 unspecified atom stereocenters. The third-order valence-electron chi connectivity index (χ3n) is 12.6. The molecule has 1 aromatic carbocycles. The third kappa shape index (κ3) is 5.78. The number of hydrogen-bond donors (Lipinski definition) is 2. The Morgan fingerprint density at radius 2 is 1.88 bits per heavy atom. The molecule has 2 N–H and O–H groups in total. The highest BCUT2D eigenvalue weighted by molar-refractivity contribution is 5.79. The van der Waals surface area contributed by atoms with Gasteiger partial charge < -0.3 is 15.2 Å². The van der Waals surface area contributed by atoms with Crippen LogP contribution in [0.25, 0.3) is 0 Å². The summed E-state index contributed by atoms with van der Waals surface area (Å²) >= 11 is 0. The molecule has 0 amide bonds. The molecule has 0 saturated heterocycles. The average Bonchev–Trinajstić information content (AvgIpc) is 3.29. The number of nitrogens with one attached hydrogen (secondary N) is 1. The van der Waals surface area contributed by atoms with Crippen LogP contribution in [0.3, 0.4) is 0 Å². The molecule has 0 aliphatic heterocycles. The summed E-state index contributed by atoms with van der Waals surface area (Å²) in [5.41, 5.74) is 1.66. The standard InChI is InChI=1S/C36H57NO3/c1-5-9-33(37-24-25(6-2)7-3)26-10-8-11-29(22-26)40-21-20-36-19-17-31-30(32(36)14-15-34(36)39)13-12-27-23-28(38)16-18-35(27,31)4/h8,10-11,22,25,27,30-34,37,39H,5-7,9,12-21,23-24H2,1-4H3/t27?,30?,31?,32?,33-,34-,35-,36?/m0/s1. The Morgan fingerprint density at radius 1 is 1.05 bits per heavy atom. The predicted octanol–water partition coefficient (Wildman–Crippen LogP) is 8.28. The molecule has 224 valence electrons. The topological polar surface area (TPSA) is 58.6 Å². The lowest BCUT2D eigenvalue weighted by atomic mass is 9.44. The second-order valence-corrected chi connectivity index (χ2v) is 14.4. The maximum Gasteiger partial charge on any atom is 0.133 e. The van der Waals surface area contributed by atoms with Crippen molar-refractivity contribution in [3.63, 3.8) is 0 Å². The SMILES string of the molecule is CCC[C@H](NCC(CC)CC)c1cccc(OCCC23CCC4C(CCC5CC(=O)CC[C@@]54C)C2CC[C@@H]3O)c1. The molecule has 0 aromatic heterocycles. The van der Waals surface area contributed by atoms with Crippen molar-refractivity contribution in [2.75, 3.05) is 13.2 Å². The highest BCUT2D eigenvalue weighted by Gasteiger charge is 2.61. The van der Waals surface area contributed by atoms with E-state index in [-0.39, 0.29) is 11.5 Å². The predicted molar refractivity (Wildman–Crippen MR) is 163 cm³/mol. The van der Waals surface area contributed by atoms with Gasteiger partial charge in [0.05, 0.1) is 12.7 Å². The van der Waals surface area contributed by atoms with Crippen LogP contribution in [0.1, 0.15) is 129 Å². The highest BCUT2D eigenvalue weighted by Crippen LogP contribution is 2.66. The van der Waals surface area contributed by atoms with Crippen molar-refractivity contribution >= 4 is 5.78 Å². The van der Waals surface area contributed by atoms with Crippen molar-refractivity contribution in [2.24, 2.45) is 40.4 Å². The Kier molecular flexibility index (Phi) is 9.67. The number of carbonyl (C=O) groups is 1. The van der Waals surface area contributed by atoms with E-state index < -0.39 is 0 Å². The first-order valence-electron chi connectivity index (χ1n) is 17.0. The van der Waals surface area contributed by atoms with Crippen LogP contribution in [0.5, 0.6) is 5.75 Å². The summed E-state index contributed by atoms with van der Waals surface area (Å²) < 4.78 is 6.47. The maximum absolute atomic E-state index is 12.3. The van der Waals surface area contributed by atoms with Crippen LogP contribution in [0.2, 0.25) is 0 Å². The van der Waals surface area contributed by atoms with Gasteiger partial charge in [0, 0.05) is 24.3 Å². The molecule has 8 atom stereocenters. The number of ether oxygens (including phenoxy) is 1. The number of rotatable bonds is 12. The van der Waals surface area contributed by atoms with Crippen molar-refractivity contribution in [2.45, 2.75) is 130 Å². The summed E-state index contributed by atoms with van der Waals surface area (Å²) in [6.45, 7) is 11.1. The Bertz CT molecular complexity index is 990. The molecule has 0 radical (unpaired) electrons. The van der Waals surface area contributed by atoms with Crippen LogP contribution in [0, 0.1) is 40.4 Å². The summed E-state index contributed by atoms with van der Waals surface area (Å²) in [6, 6.07) is 9.13. The van der Waals surface area contributed by atoms with Gasteiger partial charge in [-0.1, -0.05) is 59.1 Å². The Labute approximate surface area is 244 Å². The number of aliphatic hydroxyl groups is 1. The van der Waals surface area contributed by atoms with E-state index in [4.69, 9.17) is 4.74 Å². The second-order valence-electron chi connectivity index (χ2n) is 14.4. The van der Waals surface area contributed by atoms with Crippen molar-refractivity contribution in [3.8, 4) is 5.75 Å². The zero-order chi connectivity index (χ0) is 28.3. The zero-order valence-corrected chi connectivity index (χ0v) is 25.9. The average molecular weight is 552 g/mol. The van der Waals surface area contributed by atoms with E-state index in [2.05, 4.69) is 57.3 Å². The molecule has 4 aliphatic rings. The Morgan fingerprint density at radius 3 is 2.65 bits per heavy atom. The van der Waals surface area contributed by atoms with E-state index in [1.807, 2.05) is 0 Å². The summed E-state index contributed by atoms with van der Waals surface area (Å²) in [6.07, 6.45) is 15.1. The first-order valence-corrected chi connectivity index (χ1v) is 17.0. The summed E-state index contributed by atoms with van der Waals surface area (Å²) in [7, 11) is 0. The number of Topliss-reactive ketones (excluding diaryl/α,β-unsaturated/α-hetero) is 1. The Hall–Kier alpha value is -1.39. The molecule has 0 spiro atoms. The van der Waals surface area contributed by atoms with Crippen LogP contribution in [0.4, 0.5) is 0 Å². The lowest BCUT2D eigenvalue weighted by Gasteiger charge is -2.60. The number of fused-ring (bicyclic) bond motifs is 5. The molecular formula is C36H57NO3. The van der Waals surface area contributed by atoms with E-state index in [0.717, 1.165) is 75.5 Å². The van der Waals surface area contributed by atoms with E-state index in [1.54, 1.807) is 0 Å². The quantitative estimate of drug-likeness (QED) is 0.274. The number of benzene rings is 1. The molecule has 40 heavy (non-hydrogen) atoms. The Balaban J connectivity index is 1.23. The smallest absolute Gasteiger partial charge is 0.133 e. The van der Waals surface area contributed by atoms with Crippen molar-refractivity contribution < 1.29 is 14.6 Å². The van der Waals surface area contributed by atoms with Gasteiger partial charge in [-0.05, 0) is 117 Å². The van der Waals surface area contributed by atoms with E-state index >= 15 is 0 Å². The normalized spacial score (nSPS) is 36.1. The lowest BCUT2D eigenvalue weighted by Crippen LogP contribution is -2.55. The number of ketones is 1. The van der Waals surface area contributed by atoms with Gasteiger partial charge in [0.1, 0.15) is 11.5 Å². The van der Waals surface area contributed by atoms with Gasteiger partial charge in [-0.3, -0.25) is 4.79 Å². The first kappa shape index (κ1) is 30.1. The van der Waals surface area contributed by atoms with Gasteiger partial charge in [-0.2, -0.15) is 0 Å². The summed E-state index contributed by atoms with van der Waals surface area (Å²) in [5.74, 6) is 4.82. The van der Waals surface area contributed by atoms with Crippen LogP contribution >= 0.6 is 0 Å². The number of carbonyl (C=O) groups excluding carboxylic acids is 1. The lowest BCUT2D eigenvalue weighted by molar-refractivity contribution is -0.145. The van der Waals surface area contributed by atoms with Gasteiger partial charge in [0.2, 0.25) is 0 Å². The van der Waals surface area contributed by atoms with Crippen LogP contribution in [-0.2, 0) is 4.79 Å². The fraction of sp³-hybridized carbons (Fsp3) is 0.806. The molecule has 5 rings (SSSR count). The second kappa shape index (κ2) is 12.9.